The van der Waals surface area contributed by atoms with E-state index in [9.17, 15) is 4.79 Å². The molecule has 1 aromatic rings. The van der Waals surface area contributed by atoms with Gasteiger partial charge in [-0.25, -0.2) is 9.78 Å². The molecular weight excluding hydrogens is 252 g/mol. The zero-order chi connectivity index (χ0) is 13.1. The normalized spacial score (nSPS) is 19.9. The molecule has 1 N–H and O–H groups in total. The molecule has 0 bridgehead atoms. The molecule has 1 saturated heterocycles. The van der Waals surface area contributed by atoms with E-state index in [0.29, 0.717) is 16.8 Å². The molecule has 98 valence electrons. The Balaban J connectivity index is 2.20. The van der Waals surface area contributed by atoms with Crippen molar-refractivity contribution < 1.29 is 9.90 Å². The maximum Gasteiger partial charge on any atom is 0.337 e. The third-order valence-electron chi connectivity index (χ3n) is 3.46. The first-order chi connectivity index (χ1) is 8.61. The quantitative estimate of drug-likeness (QED) is 0.915. The molecule has 1 aromatic heterocycles. The number of nitrogens with zero attached hydrogens (tertiary/aromatic N) is 2. The Bertz CT molecular complexity index is 451. The summed E-state index contributed by atoms with van der Waals surface area (Å²) in [4.78, 5) is 17.2. The van der Waals surface area contributed by atoms with Crippen LogP contribution in [0.5, 0.6) is 0 Å². The number of halogens is 1. The molecule has 0 aromatic carbocycles. The molecule has 4 nitrogen and oxygen atoms in total. The first kappa shape index (κ1) is 13.1. The van der Waals surface area contributed by atoms with Gasteiger partial charge in [-0.05, 0) is 24.8 Å². The van der Waals surface area contributed by atoms with Crippen LogP contribution in [0.4, 0.5) is 5.82 Å². The Hall–Kier alpha value is -1.29. The zero-order valence-corrected chi connectivity index (χ0v) is 11.2. The van der Waals surface area contributed by atoms with Gasteiger partial charge in [-0.3, -0.25) is 0 Å². The summed E-state index contributed by atoms with van der Waals surface area (Å²) in [5, 5.41) is 9.30. The van der Waals surface area contributed by atoms with Crippen LogP contribution in [-0.2, 0) is 0 Å². The molecule has 0 amide bonds. The molecule has 2 heterocycles. The second kappa shape index (κ2) is 5.57. The second-order valence-corrected chi connectivity index (χ2v) is 5.10. The van der Waals surface area contributed by atoms with E-state index in [1.807, 2.05) is 0 Å². The molecule has 1 fully saturated rings. The number of hydrogen-bond acceptors (Lipinski definition) is 3. The molecule has 2 rings (SSSR count). The number of hydrogen-bond donors (Lipinski definition) is 1. The van der Waals surface area contributed by atoms with Crippen LogP contribution >= 0.6 is 11.6 Å². The van der Waals surface area contributed by atoms with Gasteiger partial charge in [0.25, 0.3) is 0 Å². The molecule has 1 aliphatic heterocycles. The first-order valence-electron chi connectivity index (χ1n) is 6.25. The Kier molecular flexibility index (Phi) is 4.07. The minimum absolute atomic E-state index is 0.132. The highest BCUT2D eigenvalue weighted by Gasteiger charge is 2.21. The standard InChI is InChI=1S/C13H17ClN2O2/c1-2-9-4-3-5-16(8-9)12-11(14)6-10(7-15-12)13(17)18/h6-7,9H,2-5,8H2,1H3,(H,17,18). The predicted molar refractivity (Wildman–Crippen MR) is 71.4 cm³/mol. The number of rotatable bonds is 3. The van der Waals surface area contributed by atoms with Crippen molar-refractivity contribution in [1.29, 1.82) is 0 Å². The second-order valence-electron chi connectivity index (χ2n) is 4.70. The maximum absolute atomic E-state index is 10.8. The van der Waals surface area contributed by atoms with E-state index in [1.165, 1.54) is 18.7 Å². The van der Waals surface area contributed by atoms with E-state index in [0.717, 1.165) is 25.9 Å². The Morgan fingerprint density at radius 2 is 2.44 bits per heavy atom. The van der Waals surface area contributed by atoms with Crippen molar-refractivity contribution in [3.63, 3.8) is 0 Å². The summed E-state index contributed by atoms with van der Waals surface area (Å²) >= 11 is 6.13. The van der Waals surface area contributed by atoms with Crippen LogP contribution in [0.25, 0.3) is 0 Å². The van der Waals surface area contributed by atoms with Crippen LogP contribution in [0, 0.1) is 5.92 Å². The number of carboxylic acid groups (broad SMARTS) is 1. The van der Waals surface area contributed by atoms with Gasteiger partial charge < -0.3 is 10.0 Å². The Morgan fingerprint density at radius 3 is 3.06 bits per heavy atom. The van der Waals surface area contributed by atoms with Gasteiger partial charge in [0.05, 0.1) is 10.6 Å². The van der Waals surface area contributed by atoms with E-state index in [1.54, 1.807) is 0 Å². The summed E-state index contributed by atoms with van der Waals surface area (Å²) in [6, 6.07) is 1.47. The zero-order valence-electron chi connectivity index (χ0n) is 10.4. The van der Waals surface area contributed by atoms with Gasteiger partial charge in [0.2, 0.25) is 0 Å². The number of pyridine rings is 1. The van der Waals surface area contributed by atoms with Crippen molar-refractivity contribution in [2.75, 3.05) is 18.0 Å². The number of aromatic carboxylic acids is 1. The Morgan fingerprint density at radius 1 is 1.67 bits per heavy atom. The number of anilines is 1. The van der Waals surface area contributed by atoms with Gasteiger partial charge >= 0.3 is 5.97 Å². The van der Waals surface area contributed by atoms with E-state index in [-0.39, 0.29) is 5.56 Å². The molecular formula is C13H17ClN2O2. The summed E-state index contributed by atoms with van der Waals surface area (Å²) in [6.07, 6.45) is 4.91. The summed E-state index contributed by atoms with van der Waals surface area (Å²) in [5.74, 6) is 0.386. The van der Waals surface area contributed by atoms with Crippen LogP contribution in [-0.4, -0.2) is 29.1 Å². The Labute approximate surface area is 112 Å². The van der Waals surface area contributed by atoms with Crippen LogP contribution < -0.4 is 4.90 Å². The van der Waals surface area contributed by atoms with Crippen LogP contribution in [0.15, 0.2) is 12.3 Å². The highest BCUT2D eigenvalue weighted by molar-refractivity contribution is 6.33. The van der Waals surface area contributed by atoms with Crippen molar-refractivity contribution in [2.24, 2.45) is 5.92 Å². The van der Waals surface area contributed by atoms with Crippen molar-refractivity contribution in [3.8, 4) is 0 Å². The monoisotopic (exact) mass is 268 g/mol. The largest absolute Gasteiger partial charge is 0.478 e. The van der Waals surface area contributed by atoms with E-state index in [2.05, 4.69) is 16.8 Å². The average molecular weight is 269 g/mol. The van der Waals surface area contributed by atoms with Gasteiger partial charge in [-0.15, -0.1) is 0 Å². The minimum Gasteiger partial charge on any atom is -0.478 e. The highest BCUT2D eigenvalue weighted by atomic mass is 35.5. The lowest BCUT2D eigenvalue weighted by Crippen LogP contribution is -2.35. The van der Waals surface area contributed by atoms with Gasteiger partial charge in [-0.2, -0.15) is 0 Å². The molecule has 0 radical (unpaired) electrons. The van der Waals surface area contributed by atoms with Crippen molar-refractivity contribution in [3.05, 3.63) is 22.8 Å². The predicted octanol–water partition coefficient (Wildman–Crippen LogP) is 3.06. The third-order valence-corrected chi connectivity index (χ3v) is 3.74. The fourth-order valence-corrected chi connectivity index (χ4v) is 2.66. The highest BCUT2D eigenvalue weighted by Crippen LogP contribution is 2.29. The van der Waals surface area contributed by atoms with E-state index in [4.69, 9.17) is 16.7 Å². The van der Waals surface area contributed by atoms with Crippen LogP contribution in [0.3, 0.4) is 0 Å². The summed E-state index contributed by atoms with van der Waals surface area (Å²) in [7, 11) is 0. The lowest BCUT2D eigenvalue weighted by molar-refractivity contribution is 0.0696. The van der Waals surface area contributed by atoms with E-state index >= 15 is 0 Å². The molecule has 1 atom stereocenters. The fourth-order valence-electron chi connectivity index (χ4n) is 2.37. The summed E-state index contributed by atoms with van der Waals surface area (Å²) in [6.45, 7) is 4.09. The van der Waals surface area contributed by atoms with Gasteiger partial charge in [0.15, 0.2) is 0 Å². The molecule has 1 unspecified atom stereocenters. The minimum atomic E-state index is -0.999. The molecule has 18 heavy (non-hydrogen) atoms. The third kappa shape index (κ3) is 2.75. The fraction of sp³-hybridized carbons (Fsp3) is 0.538. The summed E-state index contributed by atoms with van der Waals surface area (Å²) in [5.41, 5.74) is 0.132. The number of piperidine rings is 1. The van der Waals surface area contributed by atoms with Crippen LogP contribution in [0.2, 0.25) is 5.02 Å². The average Bonchev–Trinajstić information content (AvgIpc) is 2.38. The van der Waals surface area contributed by atoms with Gasteiger partial charge in [0.1, 0.15) is 5.82 Å². The lowest BCUT2D eigenvalue weighted by Gasteiger charge is -2.33. The van der Waals surface area contributed by atoms with Gasteiger partial charge in [-0.1, -0.05) is 24.9 Å². The van der Waals surface area contributed by atoms with Crippen LogP contribution in [0.1, 0.15) is 36.5 Å². The molecule has 0 aliphatic carbocycles. The molecule has 1 aliphatic rings. The number of aromatic nitrogens is 1. The molecule has 0 spiro atoms. The SMILES string of the molecule is CCC1CCCN(c2ncc(C(=O)O)cc2Cl)C1. The molecule has 5 heteroatoms. The topological polar surface area (TPSA) is 53.4 Å². The maximum atomic E-state index is 10.8. The van der Waals surface area contributed by atoms with Crippen molar-refractivity contribution >= 4 is 23.4 Å². The van der Waals surface area contributed by atoms with Crippen molar-refractivity contribution in [2.45, 2.75) is 26.2 Å². The van der Waals surface area contributed by atoms with Crippen molar-refractivity contribution in [1.82, 2.24) is 4.98 Å². The molecule has 0 saturated carbocycles. The number of carbonyl (C=O) groups is 1. The van der Waals surface area contributed by atoms with Gasteiger partial charge in [0, 0.05) is 19.3 Å². The lowest BCUT2D eigenvalue weighted by atomic mass is 9.96. The number of carboxylic acids is 1. The smallest absolute Gasteiger partial charge is 0.337 e. The summed E-state index contributed by atoms with van der Waals surface area (Å²) < 4.78 is 0. The van der Waals surface area contributed by atoms with E-state index < -0.39 is 5.97 Å². The first-order valence-corrected chi connectivity index (χ1v) is 6.63.